The highest BCUT2D eigenvalue weighted by atomic mass is 16.5. The number of hydrogen-bond acceptors (Lipinski definition) is 5. The summed E-state index contributed by atoms with van der Waals surface area (Å²) in [6, 6.07) is 2.07. The van der Waals surface area contributed by atoms with Gasteiger partial charge in [0.05, 0.1) is 12.7 Å². The molecule has 0 amide bonds. The Hall–Kier alpha value is -1.20. The third-order valence-electron chi connectivity index (χ3n) is 4.12. The highest BCUT2D eigenvalue weighted by Crippen LogP contribution is 2.33. The fraction of sp³-hybridized carbons (Fsp3) is 0.714. The molecule has 0 spiro atoms. The zero-order chi connectivity index (χ0) is 13.1. The topological polar surface area (TPSA) is 64.3 Å². The first-order valence-corrected chi connectivity index (χ1v) is 7.26. The van der Waals surface area contributed by atoms with Gasteiger partial charge >= 0.3 is 0 Å². The number of nitrogens with two attached hydrogens (primary N) is 1. The van der Waals surface area contributed by atoms with E-state index in [9.17, 15) is 0 Å². The second-order valence-corrected chi connectivity index (χ2v) is 5.44. The van der Waals surface area contributed by atoms with E-state index in [0.717, 1.165) is 19.0 Å². The molecule has 1 aliphatic carbocycles. The van der Waals surface area contributed by atoms with Gasteiger partial charge in [-0.25, -0.2) is 9.97 Å². The lowest BCUT2D eigenvalue weighted by Gasteiger charge is -2.32. The number of anilines is 1. The van der Waals surface area contributed by atoms with Crippen molar-refractivity contribution in [1.29, 1.82) is 0 Å². The van der Waals surface area contributed by atoms with E-state index in [4.69, 9.17) is 15.5 Å². The average Bonchev–Trinajstić information content (AvgIpc) is 3.02. The summed E-state index contributed by atoms with van der Waals surface area (Å²) in [5, 5.41) is 0. The Morgan fingerprint density at radius 3 is 3.00 bits per heavy atom. The third-order valence-corrected chi connectivity index (χ3v) is 4.12. The van der Waals surface area contributed by atoms with Gasteiger partial charge in [-0.05, 0) is 18.9 Å². The number of ether oxygens (including phenoxy) is 1. The largest absolute Gasteiger partial charge is 0.373 e. The van der Waals surface area contributed by atoms with Gasteiger partial charge in [-0.3, -0.25) is 0 Å². The highest BCUT2D eigenvalue weighted by Gasteiger charge is 2.23. The molecule has 1 aromatic heterocycles. The van der Waals surface area contributed by atoms with Crippen LogP contribution in [0.25, 0.3) is 0 Å². The number of morpholine rings is 1. The lowest BCUT2D eigenvalue weighted by molar-refractivity contribution is 0.0460. The maximum Gasteiger partial charge on any atom is 0.225 e. The van der Waals surface area contributed by atoms with Crippen LogP contribution in [0.3, 0.4) is 0 Å². The third kappa shape index (κ3) is 2.87. The van der Waals surface area contributed by atoms with Crippen LogP contribution in [0, 0.1) is 0 Å². The van der Waals surface area contributed by atoms with Crippen molar-refractivity contribution in [2.24, 2.45) is 5.73 Å². The van der Waals surface area contributed by atoms with Crippen LogP contribution in [0.2, 0.25) is 0 Å². The van der Waals surface area contributed by atoms with Gasteiger partial charge in [0, 0.05) is 37.4 Å². The molecule has 1 saturated carbocycles. The van der Waals surface area contributed by atoms with Crippen LogP contribution in [0.5, 0.6) is 0 Å². The molecule has 2 heterocycles. The predicted octanol–water partition coefficient (Wildman–Crippen LogP) is 1.30. The SMILES string of the molecule is NC[C@@H]1CN(c2nccc(C3CCCC3)n2)CCO1. The summed E-state index contributed by atoms with van der Waals surface area (Å²) in [5.74, 6) is 1.47. The Labute approximate surface area is 114 Å². The van der Waals surface area contributed by atoms with E-state index in [1.807, 2.05) is 6.20 Å². The predicted molar refractivity (Wildman–Crippen MR) is 74.2 cm³/mol. The summed E-state index contributed by atoms with van der Waals surface area (Å²) in [4.78, 5) is 11.4. The second kappa shape index (κ2) is 5.84. The van der Waals surface area contributed by atoms with Gasteiger partial charge in [0.1, 0.15) is 0 Å². The van der Waals surface area contributed by atoms with Crippen LogP contribution in [-0.4, -0.2) is 42.3 Å². The molecule has 2 N–H and O–H groups in total. The molecule has 0 aromatic carbocycles. The van der Waals surface area contributed by atoms with Gasteiger partial charge < -0.3 is 15.4 Å². The number of nitrogens with zero attached hydrogens (tertiary/aromatic N) is 3. The van der Waals surface area contributed by atoms with Crippen molar-refractivity contribution < 1.29 is 4.74 Å². The van der Waals surface area contributed by atoms with E-state index in [2.05, 4.69) is 16.0 Å². The zero-order valence-corrected chi connectivity index (χ0v) is 11.3. The van der Waals surface area contributed by atoms with Crippen LogP contribution < -0.4 is 10.6 Å². The summed E-state index contributed by atoms with van der Waals surface area (Å²) in [6.45, 7) is 2.91. The monoisotopic (exact) mass is 262 g/mol. The molecule has 0 bridgehead atoms. The summed E-state index contributed by atoms with van der Waals surface area (Å²) in [6.07, 6.45) is 7.19. The van der Waals surface area contributed by atoms with E-state index in [1.165, 1.54) is 31.4 Å². The van der Waals surface area contributed by atoms with Crippen molar-refractivity contribution in [3.05, 3.63) is 18.0 Å². The molecule has 3 rings (SSSR count). The van der Waals surface area contributed by atoms with Gasteiger partial charge in [0.2, 0.25) is 5.95 Å². The summed E-state index contributed by atoms with van der Waals surface area (Å²) in [5.41, 5.74) is 6.89. The molecule has 5 nitrogen and oxygen atoms in total. The standard InChI is InChI=1S/C14H22N4O/c15-9-12-10-18(7-8-19-12)14-16-6-5-13(17-14)11-3-1-2-4-11/h5-6,11-12H,1-4,7-10,15H2/t12-/m1/s1. The zero-order valence-electron chi connectivity index (χ0n) is 11.3. The first-order valence-electron chi connectivity index (χ1n) is 7.26. The molecule has 5 heteroatoms. The van der Waals surface area contributed by atoms with Crippen molar-refractivity contribution >= 4 is 5.95 Å². The Balaban J connectivity index is 1.74. The maximum absolute atomic E-state index is 5.68. The minimum Gasteiger partial charge on any atom is -0.373 e. The molecular formula is C14H22N4O. The van der Waals surface area contributed by atoms with E-state index < -0.39 is 0 Å². The Bertz CT molecular complexity index is 420. The molecule has 19 heavy (non-hydrogen) atoms. The smallest absolute Gasteiger partial charge is 0.225 e. The number of hydrogen-bond donors (Lipinski definition) is 1. The van der Waals surface area contributed by atoms with E-state index >= 15 is 0 Å². The van der Waals surface area contributed by atoms with Crippen LogP contribution in [0.4, 0.5) is 5.95 Å². The van der Waals surface area contributed by atoms with Crippen LogP contribution >= 0.6 is 0 Å². The van der Waals surface area contributed by atoms with Gasteiger partial charge in [-0.2, -0.15) is 0 Å². The minimum atomic E-state index is 0.104. The van der Waals surface area contributed by atoms with Crippen LogP contribution in [-0.2, 0) is 4.74 Å². The van der Waals surface area contributed by atoms with Crippen molar-refractivity contribution in [2.75, 3.05) is 31.1 Å². The summed E-state index contributed by atoms with van der Waals surface area (Å²) in [7, 11) is 0. The lowest BCUT2D eigenvalue weighted by Crippen LogP contribution is -2.46. The quantitative estimate of drug-likeness (QED) is 0.889. The Morgan fingerprint density at radius 2 is 2.21 bits per heavy atom. The molecule has 1 aliphatic heterocycles. The Morgan fingerprint density at radius 1 is 1.37 bits per heavy atom. The average molecular weight is 262 g/mol. The summed E-state index contributed by atoms with van der Waals surface area (Å²) < 4.78 is 5.59. The first-order chi connectivity index (χ1) is 9.36. The fourth-order valence-corrected chi connectivity index (χ4v) is 3.01. The van der Waals surface area contributed by atoms with Crippen molar-refractivity contribution in [2.45, 2.75) is 37.7 Å². The van der Waals surface area contributed by atoms with Gasteiger partial charge in [-0.15, -0.1) is 0 Å². The second-order valence-electron chi connectivity index (χ2n) is 5.44. The van der Waals surface area contributed by atoms with E-state index in [0.29, 0.717) is 19.1 Å². The van der Waals surface area contributed by atoms with Crippen molar-refractivity contribution in [3.8, 4) is 0 Å². The molecule has 1 atom stereocenters. The number of rotatable bonds is 3. The lowest BCUT2D eigenvalue weighted by atomic mass is 10.0. The highest BCUT2D eigenvalue weighted by molar-refractivity contribution is 5.32. The van der Waals surface area contributed by atoms with Gasteiger partial charge in [0.15, 0.2) is 0 Å². The van der Waals surface area contributed by atoms with Crippen LogP contribution in [0.1, 0.15) is 37.3 Å². The molecule has 0 unspecified atom stereocenters. The van der Waals surface area contributed by atoms with E-state index in [-0.39, 0.29) is 6.10 Å². The maximum atomic E-state index is 5.68. The molecule has 1 saturated heterocycles. The van der Waals surface area contributed by atoms with Gasteiger partial charge in [0.25, 0.3) is 0 Å². The summed E-state index contributed by atoms with van der Waals surface area (Å²) >= 11 is 0. The normalized spacial score (nSPS) is 24.9. The number of aromatic nitrogens is 2. The van der Waals surface area contributed by atoms with Crippen molar-refractivity contribution in [3.63, 3.8) is 0 Å². The molecule has 104 valence electrons. The van der Waals surface area contributed by atoms with Crippen LogP contribution in [0.15, 0.2) is 12.3 Å². The minimum absolute atomic E-state index is 0.104. The fourth-order valence-electron chi connectivity index (χ4n) is 3.01. The van der Waals surface area contributed by atoms with Crippen molar-refractivity contribution in [1.82, 2.24) is 9.97 Å². The molecule has 0 radical (unpaired) electrons. The molecule has 1 aromatic rings. The molecular weight excluding hydrogens is 240 g/mol. The van der Waals surface area contributed by atoms with Gasteiger partial charge in [-0.1, -0.05) is 12.8 Å². The molecule has 2 fully saturated rings. The van der Waals surface area contributed by atoms with E-state index in [1.54, 1.807) is 0 Å². The first kappa shape index (κ1) is 12.8. The molecule has 2 aliphatic rings. The Kier molecular flexibility index (Phi) is 3.94.